The number of aromatic nitrogens is 1. The van der Waals surface area contributed by atoms with Crippen LogP contribution in [0.4, 0.5) is 5.13 Å². The zero-order valence-corrected chi connectivity index (χ0v) is 10.3. The van der Waals surface area contributed by atoms with E-state index in [4.69, 9.17) is 4.74 Å². The molecular formula is C9H9N2O3S2-. The third-order valence-electron chi connectivity index (χ3n) is 1.83. The number of fused-ring (bicyclic) bond motifs is 1. The van der Waals surface area contributed by atoms with E-state index in [2.05, 4.69) is 9.71 Å². The molecule has 7 heteroatoms. The summed E-state index contributed by atoms with van der Waals surface area (Å²) in [4.78, 5) is 4.09. The van der Waals surface area contributed by atoms with E-state index in [0.29, 0.717) is 11.3 Å². The quantitative estimate of drug-likeness (QED) is 0.845. The van der Waals surface area contributed by atoms with E-state index < -0.39 is 10.0 Å². The summed E-state index contributed by atoms with van der Waals surface area (Å²) in [6.07, 6.45) is 1.04. The molecule has 1 heterocycles. The number of nitrogens with zero attached hydrogens (tertiary/aromatic N) is 2. The molecule has 0 radical (unpaired) electrons. The van der Waals surface area contributed by atoms with Gasteiger partial charge in [0.05, 0.1) is 7.11 Å². The minimum Gasteiger partial charge on any atom is -0.497 e. The lowest BCUT2D eigenvalue weighted by molar-refractivity contribution is 0.415. The maximum atomic E-state index is 11.0. The van der Waals surface area contributed by atoms with E-state index in [1.165, 1.54) is 11.3 Å². The summed E-state index contributed by atoms with van der Waals surface area (Å²) in [5, 5.41) is 0.241. The fraction of sp³-hybridized carbons (Fsp3) is 0.222. The second kappa shape index (κ2) is 3.91. The molecule has 0 saturated heterocycles. The van der Waals surface area contributed by atoms with Gasteiger partial charge in [-0.15, -0.1) is 11.3 Å². The van der Waals surface area contributed by atoms with Crippen LogP contribution in [0, 0.1) is 0 Å². The summed E-state index contributed by atoms with van der Waals surface area (Å²) in [5.74, 6) is 0.710. The number of sulfonamides is 1. The number of thiazole rings is 1. The van der Waals surface area contributed by atoms with Crippen molar-refractivity contribution in [2.75, 3.05) is 13.4 Å². The first kappa shape index (κ1) is 11.2. The van der Waals surface area contributed by atoms with Crippen LogP contribution in [0.1, 0.15) is 0 Å². The van der Waals surface area contributed by atoms with E-state index in [1.54, 1.807) is 25.3 Å². The number of benzene rings is 1. The average Bonchev–Trinajstić information content (AvgIpc) is 2.55. The van der Waals surface area contributed by atoms with Crippen LogP contribution in [-0.2, 0) is 10.0 Å². The van der Waals surface area contributed by atoms with Crippen molar-refractivity contribution in [2.45, 2.75) is 0 Å². The Hall–Kier alpha value is -1.34. The molecule has 0 aliphatic rings. The molecule has 2 rings (SSSR count). The standard InChI is InChI=1S/C9H9N2O3S2/c1-14-6-3-4-7-8(5-6)15-9(10-7)11-16(2,12)13/h3-5H,1-2H3/q-1. The van der Waals surface area contributed by atoms with Gasteiger partial charge in [-0.3, -0.25) is 0 Å². The van der Waals surface area contributed by atoms with Crippen LogP contribution in [0.25, 0.3) is 14.9 Å². The van der Waals surface area contributed by atoms with E-state index in [0.717, 1.165) is 11.0 Å². The van der Waals surface area contributed by atoms with Gasteiger partial charge >= 0.3 is 0 Å². The van der Waals surface area contributed by atoms with Crippen LogP contribution < -0.4 is 4.74 Å². The van der Waals surface area contributed by atoms with Gasteiger partial charge in [0.2, 0.25) is 0 Å². The highest BCUT2D eigenvalue weighted by Crippen LogP contribution is 2.34. The Morgan fingerprint density at radius 3 is 2.81 bits per heavy atom. The van der Waals surface area contributed by atoms with Crippen molar-refractivity contribution >= 4 is 36.7 Å². The topological polar surface area (TPSA) is 70.4 Å². The van der Waals surface area contributed by atoms with Gasteiger partial charge in [-0.1, -0.05) is 6.07 Å². The van der Waals surface area contributed by atoms with Gasteiger partial charge in [0.15, 0.2) is 10.0 Å². The molecule has 2 aromatic rings. The molecular weight excluding hydrogens is 248 g/mol. The molecule has 0 N–H and O–H groups in total. The van der Waals surface area contributed by atoms with E-state index in [-0.39, 0.29) is 5.13 Å². The highest BCUT2D eigenvalue weighted by atomic mass is 32.2. The minimum absolute atomic E-state index is 0.241. The average molecular weight is 257 g/mol. The third-order valence-corrected chi connectivity index (χ3v) is 3.36. The second-order valence-electron chi connectivity index (χ2n) is 3.15. The molecule has 0 unspecified atom stereocenters. The van der Waals surface area contributed by atoms with E-state index >= 15 is 0 Å². The Bertz CT molecular complexity index is 619. The lowest BCUT2D eigenvalue weighted by atomic mass is 10.3. The zero-order chi connectivity index (χ0) is 11.8. The molecule has 16 heavy (non-hydrogen) atoms. The van der Waals surface area contributed by atoms with Crippen LogP contribution in [-0.4, -0.2) is 26.8 Å². The van der Waals surface area contributed by atoms with Crippen LogP contribution in [0.15, 0.2) is 18.2 Å². The van der Waals surface area contributed by atoms with Crippen LogP contribution in [0.2, 0.25) is 0 Å². The van der Waals surface area contributed by atoms with Gasteiger partial charge in [0.25, 0.3) is 0 Å². The molecule has 0 amide bonds. The summed E-state index contributed by atoms with van der Waals surface area (Å²) in [7, 11) is -1.83. The summed E-state index contributed by atoms with van der Waals surface area (Å²) in [6, 6.07) is 5.34. The molecule has 0 aliphatic carbocycles. The SMILES string of the molecule is COc1ccc2nc([N-]S(C)(=O)=O)sc2c1. The monoisotopic (exact) mass is 257 g/mol. The molecule has 0 bridgehead atoms. The van der Waals surface area contributed by atoms with Gasteiger partial charge in [0, 0.05) is 16.1 Å². The number of rotatable bonds is 3. The van der Waals surface area contributed by atoms with Gasteiger partial charge in [-0.05, 0) is 17.6 Å². The molecule has 0 fully saturated rings. The third kappa shape index (κ3) is 2.42. The lowest BCUT2D eigenvalue weighted by Crippen LogP contribution is -1.89. The fourth-order valence-electron chi connectivity index (χ4n) is 1.20. The van der Waals surface area contributed by atoms with Crippen molar-refractivity contribution in [1.82, 2.24) is 4.98 Å². The lowest BCUT2D eigenvalue weighted by Gasteiger charge is -2.05. The molecule has 1 aromatic carbocycles. The molecule has 0 aliphatic heterocycles. The normalized spacial score (nSPS) is 11.6. The highest BCUT2D eigenvalue weighted by Gasteiger charge is 2.00. The first-order valence-electron chi connectivity index (χ1n) is 4.35. The van der Waals surface area contributed by atoms with Gasteiger partial charge in [-0.2, -0.15) is 0 Å². The van der Waals surface area contributed by atoms with Crippen LogP contribution >= 0.6 is 11.3 Å². The Labute approximate surface area is 97.1 Å². The largest absolute Gasteiger partial charge is 0.497 e. The number of hydrogen-bond donors (Lipinski definition) is 0. The van der Waals surface area contributed by atoms with Crippen molar-refractivity contribution in [1.29, 1.82) is 0 Å². The maximum Gasteiger partial charge on any atom is 0.171 e. The number of hydrogen-bond acceptors (Lipinski definition) is 5. The maximum absolute atomic E-state index is 11.0. The Morgan fingerprint density at radius 1 is 1.44 bits per heavy atom. The van der Waals surface area contributed by atoms with Gasteiger partial charge in [-0.25, -0.2) is 8.42 Å². The van der Waals surface area contributed by atoms with Gasteiger partial charge in [0.1, 0.15) is 5.75 Å². The molecule has 1 aromatic heterocycles. The van der Waals surface area contributed by atoms with Crippen molar-refractivity contribution in [3.63, 3.8) is 0 Å². The van der Waals surface area contributed by atoms with Crippen molar-refractivity contribution in [3.05, 3.63) is 22.9 Å². The van der Waals surface area contributed by atoms with Crippen LogP contribution in [0.5, 0.6) is 5.75 Å². The van der Waals surface area contributed by atoms with Crippen molar-refractivity contribution < 1.29 is 13.2 Å². The zero-order valence-electron chi connectivity index (χ0n) is 8.67. The molecule has 0 spiro atoms. The van der Waals surface area contributed by atoms with Crippen molar-refractivity contribution in [2.24, 2.45) is 0 Å². The first-order valence-corrected chi connectivity index (χ1v) is 7.02. The highest BCUT2D eigenvalue weighted by molar-refractivity contribution is 7.93. The van der Waals surface area contributed by atoms with E-state index in [1.807, 2.05) is 0 Å². The molecule has 0 saturated carbocycles. The summed E-state index contributed by atoms with van der Waals surface area (Å²) < 4.78 is 31.4. The van der Waals surface area contributed by atoms with Crippen LogP contribution in [0.3, 0.4) is 0 Å². The van der Waals surface area contributed by atoms with E-state index in [9.17, 15) is 8.42 Å². The Kier molecular flexibility index (Phi) is 2.73. The molecule has 86 valence electrons. The summed E-state index contributed by atoms with van der Waals surface area (Å²) >= 11 is 1.22. The molecule has 5 nitrogen and oxygen atoms in total. The minimum atomic E-state index is -3.40. The summed E-state index contributed by atoms with van der Waals surface area (Å²) in [6.45, 7) is 0. The van der Waals surface area contributed by atoms with Crippen molar-refractivity contribution in [3.8, 4) is 5.75 Å². The predicted molar refractivity (Wildman–Crippen MR) is 64.0 cm³/mol. The summed E-state index contributed by atoms with van der Waals surface area (Å²) in [5.41, 5.74) is 0.716. The Balaban J connectivity index is 2.44. The first-order chi connectivity index (χ1) is 7.48. The smallest absolute Gasteiger partial charge is 0.171 e. The second-order valence-corrected chi connectivity index (χ2v) is 5.81. The Morgan fingerprint density at radius 2 is 2.19 bits per heavy atom. The molecule has 0 atom stereocenters. The number of ether oxygens (including phenoxy) is 1. The number of methoxy groups -OCH3 is 1. The van der Waals surface area contributed by atoms with Gasteiger partial charge < -0.3 is 14.4 Å². The predicted octanol–water partition coefficient (Wildman–Crippen LogP) is 2.27. The fourth-order valence-corrected chi connectivity index (χ4v) is 2.81.